The van der Waals surface area contributed by atoms with Gasteiger partial charge < -0.3 is 33.3 Å². The van der Waals surface area contributed by atoms with Crippen LogP contribution in [0.3, 0.4) is 0 Å². The fourth-order valence-corrected chi connectivity index (χ4v) is 10.5. The Balaban J connectivity index is 4.14. The number of carboxylic acids is 1. The highest BCUT2D eigenvalue weighted by atomic mass is 16.7. The summed E-state index contributed by atoms with van der Waals surface area (Å²) in [5.41, 5.74) is 0. The van der Waals surface area contributed by atoms with Gasteiger partial charge in [0.25, 0.3) is 0 Å². The molecule has 91 heavy (non-hydrogen) atoms. The van der Waals surface area contributed by atoms with Crippen molar-refractivity contribution in [2.75, 3.05) is 47.5 Å². The summed E-state index contributed by atoms with van der Waals surface area (Å²) in [4.78, 5) is 37.5. The van der Waals surface area contributed by atoms with E-state index in [-0.39, 0.29) is 38.6 Å². The largest absolute Gasteiger partial charge is 0.545 e. The molecule has 0 radical (unpaired) electrons. The van der Waals surface area contributed by atoms with Crippen LogP contribution in [-0.2, 0) is 33.3 Å². The summed E-state index contributed by atoms with van der Waals surface area (Å²) in [6.45, 7) is 4.63. The van der Waals surface area contributed by atoms with Crippen LogP contribution < -0.4 is 5.11 Å². The van der Waals surface area contributed by atoms with Gasteiger partial charge in [-0.1, -0.05) is 322 Å². The van der Waals surface area contributed by atoms with Gasteiger partial charge in [0.05, 0.1) is 40.3 Å². The van der Waals surface area contributed by atoms with Crippen LogP contribution >= 0.6 is 0 Å². The molecule has 2 unspecified atom stereocenters. The van der Waals surface area contributed by atoms with E-state index in [9.17, 15) is 19.5 Å². The number of quaternary nitrogens is 1. The molecule has 0 amide bonds. The number of hydrogen-bond acceptors (Lipinski definition) is 8. The van der Waals surface area contributed by atoms with Crippen molar-refractivity contribution in [3.05, 3.63) is 122 Å². The van der Waals surface area contributed by atoms with Gasteiger partial charge in [0.2, 0.25) is 0 Å². The Labute approximate surface area is 561 Å². The van der Waals surface area contributed by atoms with E-state index in [1.807, 2.05) is 21.1 Å². The van der Waals surface area contributed by atoms with Crippen molar-refractivity contribution in [1.82, 2.24) is 0 Å². The van der Waals surface area contributed by atoms with Gasteiger partial charge in [-0.15, -0.1) is 0 Å². The number of nitrogens with zero attached hydrogens (tertiary/aromatic N) is 1. The second-order valence-corrected chi connectivity index (χ2v) is 26.2. The van der Waals surface area contributed by atoms with Gasteiger partial charge in [-0.2, -0.15) is 0 Å². The number of aliphatic carboxylic acids is 1. The first kappa shape index (κ1) is 86.7. The molecule has 0 aromatic carbocycles. The predicted molar refractivity (Wildman–Crippen MR) is 389 cm³/mol. The van der Waals surface area contributed by atoms with Crippen LogP contribution in [0.25, 0.3) is 0 Å². The van der Waals surface area contributed by atoms with Crippen LogP contribution in [0.5, 0.6) is 0 Å². The van der Waals surface area contributed by atoms with E-state index in [4.69, 9.17) is 18.9 Å². The second-order valence-electron chi connectivity index (χ2n) is 26.2. The maximum Gasteiger partial charge on any atom is 0.306 e. The van der Waals surface area contributed by atoms with E-state index in [0.29, 0.717) is 17.4 Å². The molecule has 0 fully saturated rings. The molecule has 0 rings (SSSR count). The summed E-state index contributed by atoms with van der Waals surface area (Å²) in [6.07, 6.45) is 98.7. The topological polar surface area (TPSA) is 111 Å². The molecule has 0 spiro atoms. The number of esters is 2. The first-order valence-electron chi connectivity index (χ1n) is 37.7. The van der Waals surface area contributed by atoms with E-state index in [0.717, 1.165) is 109 Å². The highest BCUT2D eigenvalue weighted by Gasteiger charge is 2.22. The minimum absolute atomic E-state index is 0.139. The SMILES string of the molecule is CC/C=C\C/C=C\C/C=C\C/C=C\C/C=C\C/C=C\C/C=C\C/C=C\C/C=C\CCCCCCCC(=O)OC(COC(=O)CCCCCCCCCCCCCCCCCCCCCCC/C=C\CCCCCCCCCC)COC(OCC[N+](C)(C)C)C(=O)[O-]. The number of rotatable bonds is 69. The zero-order valence-corrected chi connectivity index (χ0v) is 59.7. The van der Waals surface area contributed by atoms with Gasteiger partial charge in [-0.05, 0) is 109 Å². The van der Waals surface area contributed by atoms with Crippen molar-refractivity contribution in [1.29, 1.82) is 0 Å². The lowest BCUT2D eigenvalue weighted by atomic mass is 10.0. The number of carbonyl (C=O) groups excluding carboxylic acids is 3. The van der Waals surface area contributed by atoms with Crippen LogP contribution in [0.1, 0.15) is 322 Å². The number of hydrogen-bond donors (Lipinski definition) is 0. The van der Waals surface area contributed by atoms with Crippen molar-refractivity contribution in [2.45, 2.75) is 334 Å². The van der Waals surface area contributed by atoms with Crippen LogP contribution in [-0.4, -0.2) is 82.3 Å². The molecule has 0 N–H and O–H groups in total. The summed E-state index contributed by atoms with van der Waals surface area (Å²) in [5.74, 6) is -2.31. The molecule has 0 aliphatic heterocycles. The van der Waals surface area contributed by atoms with Crippen LogP contribution in [0.4, 0.5) is 0 Å². The second kappa shape index (κ2) is 71.5. The van der Waals surface area contributed by atoms with Crippen molar-refractivity contribution in [3.8, 4) is 0 Å². The maximum atomic E-state index is 12.9. The molecule has 0 saturated carbocycles. The number of carbonyl (C=O) groups is 3. The fourth-order valence-electron chi connectivity index (χ4n) is 10.5. The third-order valence-electron chi connectivity index (χ3n) is 16.2. The van der Waals surface area contributed by atoms with Gasteiger partial charge in [-0.3, -0.25) is 9.59 Å². The Morgan fingerprint density at radius 3 is 0.945 bits per heavy atom. The molecule has 0 heterocycles. The molecule has 522 valence electrons. The van der Waals surface area contributed by atoms with Crippen LogP contribution in [0.2, 0.25) is 0 Å². The lowest BCUT2D eigenvalue weighted by Crippen LogP contribution is -2.44. The molecule has 0 saturated heterocycles. The van der Waals surface area contributed by atoms with Crippen LogP contribution in [0.15, 0.2) is 122 Å². The van der Waals surface area contributed by atoms with Gasteiger partial charge in [0.15, 0.2) is 12.4 Å². The Morgan fingerprint density at radius 1 is 0.341 bits per heavy atom. The first-order chi connectivity index (χ1) is 44.6. The fraction of sp³-hybridized carbons (Fsp3) is 0.720. The molecular weight excluding hydrogens is 1130 g/mol. The lowest BCUT2D eigenvalue weighted by molar-refractivity contribution is -0.870. The highest BCUT2D eigenvalue weighted by molar-refractivity contribution is 5.70. The number of ether oxygens (including phenoxy) is 4. The maximum absolute atomic E-state index is 12.9. The van der Waals surface area contributed by atoms with Crippen LogP contribution in [0, 0.1) is 0 Å². The van der Waals surface area contributed by atoms with Gasteiger partial charge in [0.1, 0.15) is 13.2 Å². The normalized spacial score (nSPS) is 13.4. The first-order valence-corrected chi connectivity index (χ1v) is 37.7. The molecule has 2 atom stereocenters. The van der Waals surface area contributed by atoms with Crippen molar-refractivity contribution < 1.29 is 42.9 Å². The third-order valence-corrected chi connectivity index (χ3v) is 16.2. The summed E-state index contributed by atoms with van der Waals surface area (Å²) in [7, 11) is 5.92. The van der Waals surface area contributed by atoms with E-state index in [2.05, 4.69) is 135 Å². The Hall–Kier alpha value is -4.31. The number of allylic oxidation sites excluding steroid dienone is 20. The number of carboxylic acid groups (broad SMARTS) is 1. The Kier molecular flexibility index (Phi) is 68.1. The molecule has 0 aromatic rings. The average Bonchev–Trinajstić information content (AvgIpc) is 3.46. The van der Waals surface area contributed by atoms with E-state index >= 15 is 0 Å². The van der Waals surface area contributed by atoms with Crippen molar-refractivity contribution in [3.63, 3.8) is 0 Å². The Morgan fingerprint density at radius 2 is 0.626 bits per heavy atom. The smallest absolute Gasteiger partial charge is 0.306 e. The minimum atomic E-state index is -1.63. The van der Waals surface area contributed by atoms with Crippen molar-refractivity contribution >= 4 is 17.9 Å². The van der Waals surface area contributed by atoms with Gasteiger partial charge >= 0.3 is 11.9 Å². The molecular formula is C82H141NO8. The monoisotopic (exact) mass is 1270 g/mol. The molecule has 9 heteroatoms. The van der Waals surface area contributed by atoms with E-state index in [1.54, 1.807) is 0 Å². The third kappa shape index (κ3) is 73.0. The predicted octanol–water partition coefficient (Wildman–Crippen LogP) is 22.6. The summed E-state index contributed by atoms with van der Waals surface area (Å²) in [6, 6.07) is 0. The zero-order chi connectivity index (χ0) is 66.1. The van der Waals surface area contributed by atoms with Gasteiger partial charge in [0, 0.05) is 12.8 Å². The standard InChI is InChI=1S/C82H141NO8/c1-6-8-10-12-14-16-18-20-22-24-26-28-30-32-34-36-38-40-42-44-46-48-50-52-54-56-58-60-62-64-66-68-70-72-79(84)89-76-78(77-90-82(81(86)87)88-75-74-83(3,4)5)91-80(85)73-71-69-67-65-63-61-59-57-55-53-51-49-47-45-43-41-39-37-35-33-31-29-27-25-23-21-19-17-15-13-11-9-7-2/h9,11,15,17,21,23-24,26-27,29,33,35,39,41,45,47,51,53,57,59,78,82H,6-8,10,12-14,16,18-20,22,25,28,30-32,34,36-38,40,42-44,46,48-50,52,54-56,58,60-77H2,1-5H3/b11-9-,17-15-,23-21-,26-24-,29-27-,35-33-,41-39-,47-45-,53-51-,59-57-. The zero-order valence-electron chi connectivity index (χ0n) is 59.7. The number of unbranched alkanes of at least 4 members (excludes halogenated alkanes) is 34. The van der Waals surface area contributed by atoms with E-state index < -0.39 is 24.3 Å². The van der Waals surface area contributed by atoms with Crippen molar-refractivity contribution in [2.24, 2.45) is 0 Å². The number of likely N-dealkylation sites (N-methyl/N-ethyl adjacent to an activating group) is 1. The molecule has 0 aliphatic carbocycles. The van der Waals surface area contributed by atoms with Gasteiger partial charge in [-0.25, -0.2) is 0 Å². The molecule has 9 nitrogen and oxygen atoms in total. The quantitative estimate of drug-likeness (QED) is 0.0195. The summed E-state index contributed by atoms with van der Waals surface area (Å²) >= 11 is 0. The van der Waals surface area contributed by atoms with E-state index in [1.165, 1.54) is 180 Å². The molecule has 0 aromatic heterocycles. The highest BCUT2D eigenvalue weighted by Crippen LogP contribution is 2.18. The lowest BCUT2D eigenvalue weighted by Gasteiger charge is -2.26. The minimum Gasteiger partial charge on any atom is -0.545 e. The Bertz CT molecular complexity index is 1910. The summed E-state index contributed by atoms with van der Waals surface area (Å²) < 4.78 is 22.8. The molecule has 0 aliphatic rings. The summed E-state index contributed by atoms with van der Waals surface area (Å²) in [5, 5.41) is 11.8. The average molecular weight is 1270 g/mol. The molecule has 0 bridgehead atoms.